The zero-order chi connectivity index (χ0) is 13.7. The number of rotatable bonds is 1. The second kappa shape index (κ2) is 5.32. The fraction of sp³-hybridized carbons (Fsp3) is 0.0909. The van der Waals surface area contributed by atoms with Crippen molar-refractivity contribution in [2.45, 2.75) is 0 Å². The molecule has 0 aliphatic heterocycles. The van der Waals surface area contributed by atoms with Crippen LogP contribution in [0.15, 0.2) is 12.1 Å². The first kappa shape index (κ1) is 13.0. The summed E-state index contributed by atoms with van der Waals surface area (Å²) in [7, 11) is 1.12. The van der Waals surface area contributed by atoms with Crippen LogP contribution in [0, 0.1) is 33.3 Å². The summed E-state index contributed by atoms with van der Waals surface area (Å²) < 4.78 is 4.25. The first-order valence-electron chi connectivity index (χ1n) is 4.51. The van der Waals surface area contributed by atoms with Crippen molar-refractivity contribution in [1.29, 1.82) is 5.26 Å². The summed E-state index contributed by atoms with van der Waals surface area (Å²) in [5.41, 5.74) is -0.886. The summed E-state index contributed by atoms with van der Waals surface area (Å²) in [5, 5.41) is 28.9. The largest absolute Gasteiger partial charge is 0.501 e. The molecule has 0 aliphatic rings. The monoisotopic (exact) mass is 246 g/mol. The molecule has 18 heavy (non-hydrogen) atoms. The van der Waals surface area contributed by atoms with Crippen molar-refractivity contribution in [2.24, 2.45) is 0 Å². The smallest absolute Gasteiger partial charge is 0.384 e. The Kier molecular flexibility index (Phi) is 3.85. The minimum absolute atomic E-state index is 0.0475. The molecule has 0 unspecified atom stereocenters. The van der Waals surface area contributed by atoms with Crippen LogP contribution in [0.5, 0.6) is 5.75 Å². The van der Waals surface area contributed by atoms with E-state index < -0.39 is 22.3 Å². The number of methoxy groups -OCH3 is 1. The van der Waals surface area contributed by atoms with Crippen molar-refractivity contribution in [1.82, 2.24) is 0 Å². The van der Waals surface area contributed by atoms with Crippen LogP contribution in [0.3, 0.4) is 0 Å². The fourth-order valence-electron chi connectivity index (χ4n) is 1.09. The van der Waals surface area contributed by atoms with E-state index >= 15 is 0 Å². The number of esters is 1. The minimum atomic E-state index is -0.862. The molecule has 0 saturated heterocycles. The number of ether oxygens (including phenoxy) is 1. The van der Waals surface area contributed by atoms with Gasteiger partial charge in [0.15, 0.2) is 0 Å². The van der Waals surface area contributed by atoms with E-state index in [1.165, 1.54) is 0 Å². The zero-order valence-electron chi connectivity index (χ0n) is 9.13. The van der Waals surface area contributed by atoms with Crippen LogP contribution in [0.2, 0.25) is 0 Å². The Morgan fingerprint density at radius 1 is 1.56 bits per heavy atom. The number of nitro benzene ring substituents is 1. The quantitative estimate of drug-likeness (QED) is 0.337. The lowest BCUT2D eigenvalue weighted by Gasteiger charge is -1.99. The topological polar surface area (TPSA) is 113 Å². The van der Waals surface area contributed by atoms with Crippen molar-refractivity contribution >= 4 is 11.7 Å². The third kappa shape index (κ3) is 2.74. The van der Waals surface area contributed by atoms with Gasteiger partial charge in [0.2, 0.25) is 5.75 Å². The normalized spacial score (nSPS) is 8.67. The first-order chi connectivity index (χ1) is 8.49. The van der Waals surface area contributed by atoms with E-state index in [-0.39, 0.29) is 11.1 Å². The maximum atomic E-state index is 10.8. The van der Waals surface area contributed by atoms with Crippen LogP contribution in [0.4, 0.5) is 5.69 Å². The van der Waals surface area contributed by atoms with Crippen LogP contribution in [0.25, 0.3) is 0 Å². The Balaban J connectivity index is 3.39. The van der Waals surface area contributed by atoms with Crippen LogP contribution in [-0.2, 0) is 9.53 Å². The van der Waals surface area contributed by atoms with Crippen LogP contribution in [-0.4, -0.2) is 23.1 Å². The molecule has 7 nitrogen and oxygen atoms in total. The van der Waals surface area contributed by atoms with Crippen LogP contribution in [0.1, 0.15) is 11.1 Å². The third-order valence-corrected chi connectivity index (χ3v) is 1.90. The molecule has 7 heteroatoms. The van der Waals surface area contributed by atoms with Crippen molar-refractivity contribution in [2.75, 3.05) is 7.11 Å². The predicted octanol–water partition coefficient (Wildman–Crippen LogP) is 0.697. The van der Waals surface area contributed by atoms with Gasteiger partial charge in [-0.3, -0.25) is 10.1 Å². The van der Waals surface area contributed by atoms with Gasteiger partial charge in [0, 0.05) is 12.0 Å². The van der Waals surface area contributed by atoms with E-state index in [0.29, 0.717) is 0 Å². The number of carbonyl (C=O) groups excluding carboxylic acids is 1. The first-order valence-corrected chi connectivity index (χ1v) is 4.51. The Morgan fingerprint density at radius 3 is 2.72 bits per heavy atom. The molecule has 0 saturated carbocycles. The lowest BCUT2D eigenvalue weighted by molar-refractivity contribution is -0.385. The van der Waals surface area contributed by atoms with Crippen molar-refractivity contribution in [3.8, 4) is 23.7 Å². The molecular formula is C11H6N2O5. The molecule has 0 bridgehead atoms. The fourth-order valence-corrected chi connectivity index (χ4v) is 1.09. The highest BCUT2D eigenvalue weighted by Crippen LogP contribution is 2.30. The maximum Gasteiger partial charge on any atom is 0.384 e. The SMILES string of the molecule is COC(=O)C#Cc1cc(C#N)cc([N+](=O)[O-])c1O. The van der Waals surface area contributed by atoms with E-state index in [1.54, 1.807) is 6.07 Å². The molecule has 1 aromatic carbocycles. The van der Waals surface area contributed by atoms with Gasteiger partial charge in [0.25, 0.3) is 0 Å². The van der Waals surface area contributed by atoms with E-state index in [2.05, 4.69) is 10.7 Å². The molecule has 1 rings (SSSR count). The second-order valence-corrected chi connectivity index (χ2v) is 3.00. The molecule has 0 fully saturated rings. The number of nitriles is 1. The molecule has 1 aromatic rings. The molecule has 0 radical (unpaired) electrons. The average molecular weight is 246 g/mol. The highest BCUT2D eigenvalue weighted by molar-refractivity contribution is 5.89. The molecule has 0 atom stereocenters. The summed E-state index contributed by atoms with van der Waals surface area (Å²) >= 11 is 0. The van der Waals surface area contributed by atoms with Crippen molar-refractivity contribution < 1.29 is 19.6 Å². The van der Waals surface area contributed by atoms with Gasteiger partial charge in [-0.15, -0.1) is 0 Å². The van der Waals surface area contributed by atoms with Gasteiger partial charge in [-0.25, -0.2) is 4.79 Å². The average Bonchev–Trinajstić information content (AvgIpc) is 2.36. The lowest BCUT2D eigenvalue weighted by atomic mass is 10.1. The van der Waals surface area contributed by atoms with E-state index in [1.807, 2.05) is 5.92 Å². The summed E-state index contributed by atoms with van der Waals surface area (Å²) in [6.45, 7) is 0. The van der Waals surface area contributed by atoms with Crippen molar-refractivity contribution in [3.05, 3.63) is 33.4 Å². The van der Waals surface area contributed by atoms with Crippen LogP contribution >= 0.6 is 0 Å². The number of phenolic OH excluding ortho intramolecular Hbond substituents is 1. The van der Waals surface area contributed by atoms with E-state index in [9.17, 15) is 20.0 Å². The molecule has 0 aromatic heterocycles. The predicted molar refractivity (Wildman–Crippen MR) is 58.4 cm³/mol. The van der Waals surface area contributed by atoms with Gasteiger partial charge in [0.05, 0.1) is 29.2 Å². The Labute approximate surface area is 101 Å². The maximum absolute atomic E-state index is 10.8. The Bertz CT molecular complexity index is 619. The summed E-state index contributed by atoms with van der Waals surface area (Å²) in [6, 6.07) is 3.74. The lowest BCUT2D eigenvalue weighted by Crippen LogP contribution is -1.96. The summed E-state index contributed by atoms with van der Waals surface area (Å²) in [5.74, 6) is 2.65. The zero-order valence-corrected chi connectivity index (χ0v) is 9.13. The van der Waals surface area contributed by atoms with Gasteiger partial charge < -0.3 is 9.84 Å². The minimum Gasteiger partial charge on any atom is -0.501 e. The highest BCUT2D eigenvalue weighted by Gasteiger charge is 2.18. The molecule has 0 amide bonds. The number of hydrogen-bond donors (Lipinski definition) is 1. The van der Waals surface area contributed by atoms with Gasteiger partial charge in [0.1, 0.15) is 0 Å². The Morgan fingerprint density at radius 2 is 2.22 bits per heavy atom. The van der Waals surface area contributed by atoms with E-state index in [4.69, 9.17) is 5.26 Å². The summed E-state index contributed by atoms with van der Waals surface area (Å²) in [6.07, 6.45) is 0. The van der Waals surface area contributed by atoms with Gasteiger partial charge in [-0.1, -0.05) is 5.92 Å². The highest BCUT2D eigenvalue weighted by atomic mass is 16.6. The number of nitro groups is 1. The van der Waals surface area contributed by atoms with Crippen molar-refractivity contribution in [3.63, 3.8) is 0 Å². The van der Waals surface area contributed by atoms with Gasteiger partial charge >= 0.3 is 11.7 Å². The molecule has 1 N–H and O–H groups in total. The number of hydrogen-bond acceptors (Lipinski definition) is 6. The second-order valence-electron chi connectivity index (χ2n) is 3.00. The third-order valence-electron chi connectivity index (χ3n) is 1.90. The number of carbonyl (C=O) groups is 1. The number of aromatic hydroxyl groups is 1. The standard InChI is InChI=1S/C11H6N2O5/c1-18-10(14)3-2-8-4-7(6-12)5-9(11(8)15)13(16)17/h4-5,15H,1H3. The Hall–Kier alpha value is -3.06. The number of phenols is 1. The summed E-state index contributed by atoms with van der Waals surface area (Å²) in [4.78, 5) is 20.6. The molecule has 0 heterocycles. The molecule has 0 spiro atoms. The van der Waals surface area contributed by atoms with Gasteiger partial charge in [-0.05, 0) is 6.07 Å². The number of nitrogens with zero attached hydrogens (tertiary/aromatic N) is 2. The molecule has 0 aliphatic carbocycles. The molecule has 90 valence electrons. The van der Waals surface area contributed by atoms with Gasteiger partial charge in [-0.2, -0.15) is 5.26 Å². The number of benzene rings is 1. The van der Waals surface area contributed by atoms with E-state index in [0.717, 1.165) is 19.2 Å². The molecular weight excluding hydrogens is 240 g/mol. The van der Waals surface area contributed by atoms with Crippen LogP contribution < -0.4 is 0 Å².